The molecule has 12 heteroatoms. The van der Waals surface area contributed by atoms with Crippen molar-refractivity contribution in [2.75, 3.05) is 68.4 Å². The molecule has 0 aliphatic carbocycles. The number of nitrogens with one attached hydrogen (secondary N) is 2. The standard InChI is InChI=1S/C26H31Cl2N7O3/c1-16-14-33(2)9-10-35(16)18-8-6-7-17(11-18)31-21-13-22(30-15-29-21)34(3)26(36)32-25-23(27)19(37-4)12-20(38-5)24(25)28/h6-8,11-13,15-16H,9-10,14H2,1-5H3,(H,32,36)(H,29,30,31). The van der Waals surface area contributed by atoms with Gasteiger partial charge in [0, 0.05) is 56.2 Å². The molecule has 0 saturated carbocycles. The molecular formula is C26H31Cl2N7O3. The first kappa shape index (κ1) is 27.6. The van der Waals surface area contributed by atoms with Crippen molar-refractivity contribution >= 4 is 57.9 Å². The summed E-state index contributed by atoms with van der Waals surface area (Å²) in [7, 11) is 6.65. The van der Waals surface area contributed by atoms with Gasteiger partial charge in [-0.1, -0.05) is 29.3 Å². The molecular weight excluding hydrogens is 529 g/mol. The molecule has 2 amide bonds. The lowest BCUT2D eigenvalue weighted by atomic mass is 10.1. The Morgan fingerprint density at radius 1 is 1.08 bits per heavy atom. The van der Waals surface area contributed by atoms with E-state index >= 15 is 0 Å². The van der Waals surface area contributed by atoms with Crippen LogP contribution in [0, 0.1) is 0 Å². The summed E-state index contributed by atoms with van der Waals surface area (Å²) in [5.74, 6) is 1.53. The normalized spacial score (nSPS) is 15.7. The molecule has 1 aromatic heterocycles. The van der Waals surface area contributed by atoms with E-state index in [4.69, 9.17) is 32.7 Å². The zero-order valence-corrected chi connectivity index (χ0v) is 23.5. The number of anilines is 5. The highest BCUT2D eigenvalue weighted by atomic mass is 35.5. The van der Waals surface area contributed by atoms with Crippen molar-refractivity contribution in [3.63, 3.8) is 0 Å². The fourth-order valence-electron chi connectivity index (χ4n) is 4.32. The van der Waals surface area contributed by atoms with E-state index in [1.54, 1.807) is 19.2 Å². The van der Waals surface area contributed by atoms with Crippen LogP contribution in [0.1, 0.15) is 6.92 Å². The SMILES string of the molecule is COc1cc(OC)c(Cl)c(NC(=O)N(C)c2cc(Nc3cccc(N4CCN(C)CC4C)c3)ncn2)c1Cl. The topological polar surface area (TPSA) is 95.1 Å². The van der Waals surface area contributed by atoms with Gasteiger partial charge in [-0.2, -0.15) is 0 Å². The second-order valence-corrected chi connectivity index (χ2v) is 9.77. The Balaban J connectivity index is 1.50. The van der Waals surface area contributed by atoms with Crippen LogP contribution in [0.15, 0.2) is 42.7 Å². The molecule has 4 rings (SSSR count). The van der Waals surface area contributed by atoms with Gasteiger partial charge in [0.05, 0.1) is 19.9 Å². The van der Waals surface area contributed by atoms with Crippen LogP contribution < -0.4 is 29.9 Å². The van der Waals surface area contributed by atoms with Crippen LogP contribution in [0.4, 0.5) is 33.5 Å². The Morgan fingerprint density at radius 3 is 2.45 bits per heavy atom. The summed E-state index contributed by atoms with van der Waals surface area (Å²) >= 11 is 12.8. The third-order valence-electron chi connectivity index (χ3n) is 6.39. The first-order valence-electron chi connectivity index (χ1n) is 12.0. The van der Waals surface area contributed by atoms with Crippen LogP contribution in [-0.4, -0.2) is 74.9 Å². The van der Waals surface area contributed by atoms with Gasteiger partial charge >= 0.3 is 6.03 Å². The van der Waals surface area contributed by atoms with Crippen LogP contribution in [0.25, 0.3) is 0 Å². The van der Waals surface area contributed by atoms with Gasteiger partial charge in [-0.15, -0.1) is 0 Å². The first-order valence-corrected chi connectivity index (χ1v) is 12.8. The van der Waals surface area contributed by atoms with E-state index < -0.39 is 6.03 Å². The van der Waals surface area contributed by atoms with E-state index in [0.717, 1.165) is 31.0 Å². The smallest absolute Gasteiger partial charge is 0.327 e. The highest BCUT2D eigenvalue weighted by molar-refractivity contribution is 6.41. The number of halogens is 2. The minimum atomic E-state index is -0.514. The molecule has 2 aromatic carbocycles. The predicted molar refractivity (Wildman–Crippen MR) is 153 cm³/mol. The van der Waals surface area contributed by atoms with Gasteiger partial charge in [-0.25, -0.2) is 14.8 Å². The number of rotatable bonds is 7. The van der Waals surface area contributed by atoms with Crippen LogP contribution >= 0.6 is 23.2 Å². The summed E-state index contributed by atoms with van der Waals surface area (Å²) in [4.78, 5) is 27.7. The van der Waals surface area contributed by atoms with Crippen LogP contribution in [-0.2, 0) is 0 Å². The number of methoxy groups -OCH3 is 2. The molecule has 0 spiro atoms. The number of hydrogen-bond donors (Lipinski definition) is 2. The molecule has 0 bridgehead atoms. The average Bonchev–Trinajstić information content (AvgIpc) is 2.91. The molecule has 1 aliphatic rings. The number of likely N-dealkylation sites (N-methyl/N-ethyl adjacent to an activating group) is 1. The average molecular weight is 560 g/mol. The third kappa shape index (κ3) is 5.98. The van der Waals surface area contributed by atoms with Crippen molar-refractivity contribution in [3.8, 4) is 11.5 Å². The summed E-state index contributed by atoms with van der Waals surface area (Å²) in [6.07, 6.45) is 1.39. The van der Waals surface area contributed by atoms with Crippen molar-refractivity contribution in [1.82, 2.24) is 14.9 Å². The minimum Gasteiger partial charge on any atom is -0.495 e. The Labute approximate surface area is 232 Å². The summed E-state index contributed by atoms with van der Waals surface area (Å²) in [5, 5.41) is 6.34. The number of carbonyl (C=O) groups is 1. The number of amides is 2. The lowest BCUT2D eigenvalue weighted by Gasteiger charge is -2.40. The van der Waals surface area contributed by atoms with Crippen molar-refractivity contribution in [3.05, 3.63) is 52.8 Å². The van der Waals surface area contributed by atoms with Crippen LogP contribution in [0.5, 0.6) is 11.5 Å². The van der Waals surface area contributed by atoms with E-state index in [-0.39, 0.29) is 15.7 Å². The molecule has 38 heavy (non-hydrogen) atoms. The molecule has 1 aliphatic heterocycles. The lowest BCUT2D eigenvalue weighted by Crippen LogP contribution is -2.50. The molecule has 10 nitrogen and oxygen atoms in total. The summed E-state index contributed by atoms with van der Waals surface area (Å²) in [6, 6.07) is 11.3. The van der Waals surface area contributed by atoms with Crippen molar-refractivity contribution in [2.24, 2.45) is 0 Å². The fourth-order valence-corrected chi connectivity index (χ4v) is 4.92. The Morgan fingerprint density at radius 2 is 1.79 bits per heavy atom. The van der Waals surface area contributed by atoms with Gasteiger partial charge in [0.25, 0.3) is 0 Å². The summed E-state index contributed by atoms with van der Waals surface area (Å²) < 4.78 is 10.5. The largest absolute Gasteiger partial charge is 0.495 e. The van der Waals surface area contributed by atoms with E-state index in [9.17, 15) is 4.79 Å². The molecule has 1 fully saturated rings. The first-order chi connectivity index (χ1) is 18.2. The van der Waals surface area contributed by atoms with Crippen molar-refractivity contribution < 1.29 is 14.3 Å². The zero-order valence-electron chi connectivity index (χ0n) is 22.0. The van der Waals surface area contributed by atoms with Gasteiger partial charge in [0.15, 0.2) is 0 Å². The second kappa shape index (κ2) is 11.9. The number of ether oxygens (including phenoxy) is 2. The maximum Gasteiger partial charge on any atom is 0.327 e. The third-order valence-corrected chi connectivity index (χ3v) is 7.14. The van der Waals surface area contributed by atoms with E-state index in [1.807, 2.05) is 12.1 Å². The molecule has 0 radical (unpaired) electrons. The maximum absolute atomic E-state index is 13.1. The van der Waals surface area contributed by atoms with Gasteiger partial charge in [0.1, 0.15) is 39.5 Å². The molecule has 1 saturated heterocycles. The fraction of sp³-hybridized carbons (Fsp3) is 0.346. The van der Waals surface area contributed by atoms with Crippen molar-refractivity contribution in [1.29, 1.82) is 0 Å². The molecule has 1 unspecified atom stereocenters. The number of benzene rings is 2. The number of hydrogen-bond acceptors (Lipinski definition) is 8. The highest BCUT2D eigenvalue weighted by Crippen LogP contribution is 2.44. The monoisotopic (exact) mass is 559 g/mol. The quantitative estimate of drug-likeness (QED) is 0.399. The number of aromatic nitrogens is 2. The van der Waals surface area contributed by atoms with E-state index in [1.165, 1.54) is 25.4 Å². The van der Waals surface area contributed by atoms with Gasteiger partial charge in [-0.3, -0.25) is 4.90 Å². The molecule has 2 N–H and O–H groups in total. The number of urea groups is 1. The number of nitrogens with zero attached hydrogens (tertiary/aromatic N) is 5. The van der Waals surface area contributed by atoms with Crippen molar-refractivity contribution in [2.45, 2.75) is 13.0 Å². The van der Waals surface area contributed by atoms with E-state index in [0.29, 0.717) is 29.2 Å². The number of piperazine rings is 1. The molecule has 1 atom stereocenters. The summed E-state index contributed by atoms with van der Waals surface area (Å²) in [6.45, 7) is 5.23. The van der Waals surface area contributed by atoms with Gasteiger partial charge in [-0.05, 0) is 32.2 Å². The highest BCUT2D eigenvalue weighted by Gasteiger charge is 2.23. The second-order valence-electron chi connectivity index (χ2n) is 9.01. The molecule has 3 aromatic rings. The lowest BCUT2D eigenvalue weighted by molar-refractivity contribution is 0.258. The molecule has 202 valence electrons. The van der Waals surface area contributed by atoms with E-state index in [2.05, 4.69) is 56.5 Å². The van der Waals surface area contributed by atoms with Crippen LogP contribution in [0.2, 0.25) is 10.0 Å². The Kier molecular flexibility index (Phi) is 8.65. The van der Waals surface area contributed by atoms with Gasteiger partial charge < -0.3 is 29.9 Å². The van der Waals surface area contributed by atoms with Crippen LogP contribution in [0.3, 0.4) is 0 Å². The Hall–Kier alpha value is -3.47. The molecule has 2 heterocycles. The summed E-state index contributed by atoms with van der Waals surface area (Å²) in [5.41, 5.74) is 2.19. The number of carbonyl (C=O) groups excluding carboxylic acids is 1. The van der Waals surface area contributed by atoms with Gasteiger partial charge in [0.2, 0.25) is 0 Å². The minimum absolute atomic E-state index is 0.152. The predicted octanol–water partition coefficient (Wildman–Crippen LogP) is 5.35. The maximum atomic E-state index is 13.1. The Bertz CT molecular complexity index is 1280. The zero-order chi connectivity index (χ0) is 27.4.